The second-order valence-corrected chi connectivity index (χ2v) is 14.9. The topological polar surface area (TPSA) is 138 Å². The second-order valence-electron chi connectivity index (χ2n) is 14.9. The summed E-state index contributed by atoms with van der Waals surface area (Å²) in [5.41, 5.74) is 3.47. The molecule has 10 heteroatoms. The number of hydrogen-bond donors (Lipinski definition) is 0. The van der Waals surface area contributed by atoms with Crippen LogP contribution < -0.4 is 23.7 Å². The summed E-state index contributed by atoms with van der Waals surface area (Å²) in [7, 11) is 0. The van der Waals surface area contributed by atoms with Crippen LogP contribution in [0.4, 0.5) is 0 Å². The second kappa shape index (κ2) is 23.5. The summed E-state index contributed by atoms with van der Waals surface area (Å²) in [6.45, 7) is 2.87. The molecular weight excluding hydrogens is 795 g/mol. The minimum Gasteiger partial charge on any atom is -0.494 e. The number of ether oxygens (including phenoxy) is 5. The third kappa shape index (κ3) is 14.0. The summed E-state index contributed by atoms with van der Waals surface area (Å²) in [6.07, 6.45) is 12.6. The number of nitrogens with zero attached hydrogens (tertiary/aromatic N) is 1. The van der Waals surface area contributed by atoms with Gasteiger partial charge in [-0.1, -0.05) is 95.0 Å². The van der Waals surface area contributed by atoms with E-state index in [9.17, 15) is 19.2 Å². The van der Waals surface area contributed by atoms with Crippen molar-refractivity contribution in [1.82, 2.24) is 0 Å². The van der Waals surface area contributed by atoms with Crippen molar-refractivity contribution in [2.45, 2.75) is 71.1 Å². The number of benzene rings is 6. The molecule has 0 saturated heterocycles. The maximum Gasteiger partial charge on any atom is 0.343 e. The smallest absolute Gasteiger partial charge is 0.343 e. The van der Waals surface area contributed by atoms with Crippen LogP contribution in [0.2, 0.25) is 0 Å². The maximum absolute atomic E-state index is 12.9. The van der Waals surface area contributed by atoms with Gasteiger partial charge in [0.1, 0.15) is 28.7 Å². The zero-order valence-corrected chi connectivity index (χ0v) is 35.3. The monoisotopic (exact) mass is 843 g/mol. The van der Waals surface area contributed by atoms with Crippen LogP contribution in [-0.4, -0.2) is 30.5 Å². The van der Waals surface area contributed by atoms with E-state index in [-0.39, 0.29) is 34.1 Å². The van der Waals surface area contributed by atoms with Crippen LogP contribution in [0, 0.1) is 11.3 Å². The van der Waals surface area contributed by atoms with Gasteiger partial charge in [0.05, 0.1) is 40.5 Å². The summed E-state index contributed by atoms with van der Waals surface area (Å²) in [5, 5.41) is 9.01. The summed E-state index contributed by atoms with van der Waals surface area (Å²) in [5.74, 6) is -0.992. The van der Waals surface area contributed by atoms with E-state index in [4.69, 9.17) is 28.9 Å². The Morgan fingerprint density at radius 3 is 1.17 bits per heavy atom. The van der Waals surface area contributed by atoms with Crippen molar-refractivity contribution in [1.29, 1.82) is 5.26 Å². The molecule has 10 nitrogen and oxygen atoms in total. The highest BCUT2D eigenvalue weighted by atomic mass is 16.6. The number of hydrogen-bond acceptors (Lipinski definition) is 10. The van der Waals surface area contributed by atoms with Crippen molar-refractivity contribution in [3.05, 3.63) is 173 Å². The Morgan fingerprint density at radius 1 is 0.413 bits per heavy atom. The molecule has 0 spiro atoms. The average Bonchev–Trinajstić information content (AvgIpc) is 3.31. The molecule has 320 valence electrons. The first-order valence-electron chi connectivity index (χ1n) is 21.3. The SMILES string of the molecule is CCCCCCCCCCCCOc1ccc(C(=O)Oc2ccc(C(=O)Oc3cccc(OC(=O)c4ccc(OC(=O)c5ccc(-c6ccc(C#N)cc6)cc5)cc4)c3)cc2)cc1. The van der Waals surface area contributed by atoms with Crippen molar-refractivity contribution < 1.29 is 42.9 Å². The minimum absolute atomic E-state index is 0.140. The van der Waals surface area contributed by atoms with Gasteiger partial charge in [-0.2, -0.15) is 5.26 Å². The first-order valence-corrected chi connectivity index (χ1v) is 21.3. The normalized spacial score (nSPS) is 10.6. The quantitative estimate of drug-likeness (QED) is 0.0391. The summed E-state index contributed by atoms with van der Waals surface area (Å²) in [4.78, 5) is 51.4. The molecule has 0 radical (unpaired) electrons. The third-order valence-electron chi connectivity index (χ3n) is 10.2. The van der Waals surface area contributed by atoms with Crippen molar-refractivity contribution >= 4 is 23.9 Å². The Bertz CT molecular complexity index is 2470. The molecule has 0 heterocycles. The van der Waals surface area contributed by atoms with Crippen LogP contribution in [0.3, 0.4) is 0 Å². The minimum atomic E-state index is -0.677. The van der Waals surface area contributed by atoms with E-state index in [1.54, 1.807) is 78.9 Å². The van der Waals surface area contributed by atoms with Gasteiger partial charge in [0, 0.05) is 6.07 Å². The molecule has 6 rings (SSSR count). The van der Waals surface area contributed by atoms with Gasteiger partial charge in [0.2, 0.25) is 0 Å². The van der Waals surface area contributed by atoms with Crippen LogP contribution in [0.5, 0.6) is 28.7 Å². The predicted octanol–water partition coefficient (Wildman–Crippen LogP) is 12.4. The fourth-order valence-electron chi connectivity index (χ4n) is 6.59. The summed E-state index contributed by atoms with van der Waals surface area (Å²) < 4.78 is 27.9. The molecule has 0 bridgehead atoms. The van der Waals surface area contributed by atoms with Crippen molar-refractivity contribution in [2.75, 3.05) is 6.61 Å². The molecule has 6 aromatic carbocycles. The Morgan fingerprint density at radius 2 is 0.762 bits per heavy atom. The van der Waals surface area contributed by atoms with Crippen LogP contribution in [-0.2, 0) is 0 Å². The fourth-order valence-corrected chi connectivity index (χ4v) is 6.59. The molecule has 0 aliphatic carbocycles. The number of nitriles is 1. The van der Waals surface area contributed by atoms with E-state index >= 15 is 0 Å². The van der Waals surface area contributed by atoms with Crippen molar-refractivity contribution in [3.8, 4) is 45.9 Å². The molecule has 0 atom stereocenters. The van der Waals surface area contributed by atoms with Gasteiger partial charge in [-0.3, -0.25) is 0 Å². The zero-order valence-electron chi connectivity index (χ0n) is 35.3. The van der Waals surface area contributed by atoms with Crippen LogP contribution >= 0.6 is 0 Å². The molecule has 0 aliphatic heterocycles. The molecular formula is C53H49NO9. The Balaban J connectivity index is 0.910. The van der Waals surface area contributed by atoms with Gasteiger partial charge in [-0.15, -0.1) is 0 Å². The molecule has 0 aromatic heterocycles. The summed E-state index contributed by atoms with van der Waals surface area (Å²) in [6, 6.07) is 40.9. The van der Waals surface area contributed by atoms with E-state index in [0.717, 1.165) is 24.0 Å². The number of carbonyl (C=O) groups is 4. The summed E-state index contributed by atoms with van der Waals surface area (Å²) >= 11 is 0. The maximum atomic E-state index is 12.9. The molecule has 0 saturated carbocycles. The molecule has 0 aliphatic rings. The number of rotatable bonds is 21. The van der Waals surface area contributed by atoms with Gasteiger partial charge in [0.25, 0.3) is 0 Å². The highest BCUT2D eigenvalue weighted by molar-refractivity contribution is 5.94. The zero-order chi connectivity index (χ0) is 44.2. The van der Waals surface area contributed by atoms with E-state index < -0.39 is 23.9 Å². The average molecular weight is 844 g/mol. The lowest BCUT2D eigenvalue weighted by atomic mass is 10.0. The molecule has 0 N–H and O–H groups in total. The van der Waals surface area contributed by atoms with Crippen LogP contribution in [0.15, 0.2) is 146 Å². The highest BCUT2D eigenvalue weighted by Gasteiger charge is 2.15. The Hall–Kier alpha value is -7.51. The molecule has 63 heavy (non-hydrogen) atoms. The lowest BCUT2D eigenvalue weighted by molar-refractivity contribution is 0.0723. The standard InChI is InChI=1S/C53H49NO9/c1-2-3-4-5-6-7-8-9-10-11-35-59-45-29-23-42(24-30-45)51(56)61-47-33-27-44(28-34-47)53(58)63-49-14-12-13-48(36-49)62-52(57)43-25-31-46(32-26-43)60-50(55)41-21-19-40(20-22-41)39-17-15-38(37-54)16-18-39/h12-34,36H,2-11,35H2,1H3. The first kappa shape index (κ1) is 45.0. The lowest BCUT2D eigenvalue weighted by Crippen LogP contribution is -2.11. The predicted molar refractivity (Wildman–Crippen MR) is 240 cm³/mol. The third-order valence-corrected chi connectivity index (χ3v) is 10.2. The van der Waals surface area contributed by atoms with Gasteiger partial charge in [0.15, 0.2) is 0 Å². The number of carbonyl (C=O) groups excluding carboxylic acids is 4. The van der Waals surface area contributed by atoms with Crippen LogP contribution in [0.25, 0.3) is 11.1 Å². The highest BCUT2D eigenvalue weighted by Crippen LogP contribution is 2.25. The van der Waals surface area contributed by atoms with Crippen molar-refractivity contribution in [3.63, 3.8) is 0 Å². The lowest BCUT2D eigenvalue weighted by Gasteiger charge is -2.09. The van der Waals surface area contributed by atoms with Gasteiger partial charge in [-0.25, -0.2) is 19.2 Å². The van der Waals surface area contributed by atoms with E-state index in [1.165, 1.54) is 106 Å². The van der Waals surface area contributed by atoms with Gasteiger partial charge in [-0.05, 0) is 127 Å². The van der Waals surface area contributed by atoms with Gasteiger partial charge < -0.3 is 23.7 Å². The molecule has 0 unspecified atom stereocenters. The van der Waals surface area contributed by atoms with Crippen LogP contribution in [0.1, 0.15) is 118 Å². The Labute approximate surface area is 368 Å². The van der Waals surface area contributed by atoms with Gasteiger partial charge >= 0.3 is 23.9 Å². The van der Waals surface area contributed by atoms with Crippen molar-refractivity contribution in [2.24, 2.45) is 0 Å². The fraction of sp³-hybridized carbons (Fsp3) is 0.226. The first-order chi connectivity index (χ1) is 30.8. The molecule has 6 aromatic rings. The van der Waals surface area contributed by atoms with E-state index in [2.05, 4.69) is 13.0 Å². The Kier molecular flexibility index (Phi) is 16.8. The molecule has 0 fully saturated rings. The number of esters is 4. The largest absolute Gasteiger partial charge is 0.494 e. The van der Waals surface area contributed by atoms with E-state index in [0.29, 0.717) is 29.0 Å². The number of unbranched alkanes of at least 4 members (excludes halogenated alkanes) is 9. The molecule has 0 amide bonds. The van der Waals surface area contributed by atoms with E-state index in [1.807, 2.05) is 12.1 Å².